The van der Waals surface area contributed by atoms with Crippen LogP contribution in [0.25, 0.3) is 11.3 Å². The van der Waals surface area contributed by atoms with Crippen LogP contribution in [-0.4, -0.2) is 17.4 Å². The van der Waals surface area contributed by atoms with Gasteiger partial charge in [0.25, 0.3) is 0 Å². The minimum absolute atomic E-state index is 0.606. The van der Waals surface area contributed by atoms with Crippen molar-refractivity contribution in [1.82, 2.24) is 4.68 Å². The first-order valence-electron chi connectivity index (χ1n) is 8.15. The molecule has 0 unspecified atom stereocenters. The predicted molar refractivity (Wildman–Crippen MR) is 107 cm³/mol. The first-order valence-corrected chi connectivity index (χ1v) is 9.03. The lowest BCUT2D eigenvalue weighted by Gasteiger charge is -2.04. The van der Waals surface area contributed by atoms with E-state index in [1.165, 1.54) is 5.56 Å². The summed E-state index contributed by atoms with van der Waals surface area (Å²) in [6.45, 7) is 8.61. The van der Waals surface area contributed by atoms with Gasteiger partial charge < -0.3 is 0 Å². The van der Waals surface area contributed by atoms with Crippen molar-refractivity contribution in [3.8, 4) is 11.3 Å². The second-order valence-electron chi connectivity index (χ2n) is 6.01. The fourth-order valence-electron chi connectivity index (χ4n) is 2.31. The van der Waals surface area contributed by atoms with Crippen LogP contribution in [0.4, 0.5) is 0 Å². The molecule has 1 heterocycles. The largest absolute Gasteiger partial charge is 0.253 e. The van der Waals surface area contributed by atoms with E-state index in [1.807, 2.05) is 48.1 Å². The van der Waals surface area contributed by atoms with Gasteiger partial charge in [0, 0.05) is 10.9 Å². The molecule has 0 saturated carbocycles. The van der Waals surface area contributed by atoms with Gasteiger partial charge in [-0.1, -0.05) is 72.3 Å². The summed E-state index contributed by atoms with van der Waals surface area (Å²) in [5, 5.41) is 6.79. The first kappa shape index (κ1) is 17.1. The van der Waals surface area contributed by atoms with E-state index in [9.17, 15) is 0 Å². The first-order chi connectivity index (χ1) is 12.1. The third-order valence-corrected chi connectivity index (χ3v) is 4.49. The SMILES string of the molecule is C=C(C)CN=c1scc(-c2ccc(C)cc2)n1N=Cc1ccccc1. The lowest BCUT2D eigenvalue weighted by atomic mass is 10.1. The van der Waals surface area contributed by atoms with Crippen molar-refractivity contribution in [2.45, 2.75) is 13.8 Å². The molecule has 4 heteroatoms. The van der Waals surface area contributed by atoms with Crippen molar-refractivity contribution >= 4 is 17.6 Å². The van der Waals surface area contributed by atoms with Gasteiger partial charge >= 0.3 is 0 Å². The van der Waals surface area contributed by atoms with Crippen LogP contribution in [-0.2, 0) is 0 Å². The summed E-state index contributed by atoms with van der Waals surface area (Å²) in [4.78, 5) is 5.52. The number of benzene rings is 2. The van der Waals surface area contributed by atoms with Crippen molar-refractivity contribution in [1.29, 1.82) is 0 Å². The third-order valence-electron chi connectivity index (χ3n) is 3.64. The van der Waals surface area contributed by atoms with Gasteiger partial charge in [0.1, 0.15) is 0 Å². The van der Waals surface area contributed by atoms with Gasteiger partial charge in [-0.25, -0.2) is 4.68 Å². The molecular formula is C21H21N3S. The standard InChI is InChI=1S/C21H21N3S/c1-16(2)13-22-21-24(23-14-18-7-5-4-6-8-18)20(15-25-21)19-11-9-17(3)10-12-19/h4-12,14-15H,1,13H2,2-3H3. The monoisotopic (exact) mass is 347 g/mol. The number of thiazole rings is 1. The highest BCUT2D eigenvalue weighted by Gasteiger charge is 2.07. The Hall–Kier alpha value is -2.72. The molecule has 0 saturated heterocycles. The van der Waals surface area contributed by atoms with E-state index in [2.05, 4.69) is 48.1 Å². The van der Waals surface area contributed by atoms with Crippen molar-refractivity contribution in [2.75, 3.05) is 6.54 Å². The summed E-state index contributed by atoms with van der Waals surface area (Å²) in [7, 11) is 0. The molecule has 2 aromatic carbocycles. The van der Waals surface area contributed by atoms with Gasteiger partial charge in [0.05, 0.1) is 18.5 Å². The molecule has 0 amide bonds. The Balaban J connectivity index is 2.06. The summed E-state index contributed by atoms with van der Waals surface area (Å²) in [5.41, 5.74) is 5.50. The zero-order valence-corrected chi connectivity index (χ0v) is 15.3. The quantitative estimate of drug-likeness (QED) is 0.465. The molecular weight excluding hydrogens is 326 g/mol. The maximum Gasteiger partial charge on any atom is 0.206 e. The molecule has 0 N–H and O–H groups in total. The Morgan fingerprint density at radius 3 is 2.52 bits per heavy atom. The molecule has 25 heavy (non-hydrogen) atoms. The Morgan fingerprint density at radius 1 is 1.12 bits per heavy atom. The van der Waals surface area contributed by atoms with Crippen LogP contribution in [0.15, 0.2) is 82.2 Å². The Morgan fingerprint density at radius 2 is 1.84 bits per heavy atom. The van der Waals surface area contributed by atoms with Crippen LogP contribution < -0.4 is 4.80 Å². The van der Waals surface area contributed by atoms with E-state index in [4.69, 9.17) is 5.10 Å². The van der Waals surface area contributed by atoms with Crippen LogP contribution >= 0.6 is 11.3 Å². The van der Waals surface area contributed by atoms with Crippen molar-refractivity contribution in [2.24, 2.45) is 10.1 Å². The summed E-state index contributed by atoms with van der Waals surface area (Å²) in [5.74, 6) is 0. The van der Waals surface area contributed by atoms with Gasteiger partial charge in [-0.2, -0.15) is 5.10 Å². The average molecular weight is 347 g/mol. The van der Waals surface area contributed by atoms with Crippen molar-refractivity contribution < 1.29 is 0 Å². The van der Waals surface area contributed by atoms with Crippen molar-refractivity contribution in [3.63, 3.8) is 0 Å². The Kier molecular flexibility index (Phi) is 5.41. The predicted octanol–water partition coefficient (Wildman–Crippen LogP) is 4.88. The summed E-state index contributed by atoms with van der Waals surface area (Å²) >= 11 is 1.59. The maximum atomic E-state index is 4.69. The number of aryl methyl sites for hydroxylation is 1. The molecule has 3 nitrogen and oxygen atoms in total. The number of rotatable bonds is 5. The normalized spacial score (nSPS) is 12.0. The summed E-state index contributed by atoms with van der Waals surface area (Å²) in [6, 6.07) is 18.5. The van der Waals surface area contributed by atoms with Gasteiger partial charge in [0.15, 0.2) is 0 Å². The smallest absolute Gasteiger partial charge is 0.206 e. The van der Waals surface area contributed by atoms with Crippen molar-refractivity contribution in [3.05, 3.63) is 88.1 Å². The minimum atomic E-state index is 0.606. The summed E-state index contributed by atoms with van der Waals surface area (Å²) < 4.78 is 1.91. The van der Waals surface area contributed by atoms with Crippen LogP contribution in [0, 0.1) is 6.92 Å². The second kappa shape index (κ2) is 7.90. The van der Waals surface area contributed by atoms with Gasteiger partial charge in [0.2, 0.25) is 4.80 Å². The second-order valence-corrected chi connectivity index (χ2v) is 6.85. The number of nitrogens with zero attached hydrogens (tertiary/aromatic N) is 3. The Labute approximate surface area is 152 Å². The molecule has 3 aromatic rings. The maximum absolute atomic E-state index is 4.69. The van der Waals surface area contributed by atoms with Crippen LogP contribution in [0.5, 0.6) is 0 Å². The van der Waals surface area contributed by atoms with E-state index in [0.29, 0.717) is 6.54 Å². The molecule has 0 radical (unpaired) electrons. The molecule has 0 aliphatic carbocycles. The van der Waals surface area contributed by atoms with E-state index < -0.39 is 0 Å². The van der Waals surface area contributed by atoms with Crippen LogP contribution in [0.3, 0.4) is 0 Å². The zero-order valence-electron chi connectivity index (χ0n) is 14.5. The van der Waals surface area contributed by atoms with Crippen LogP contribution in [0.1, 0.15) is 18.1 Å². The van der Waals surface area contributed by atoms with E-state index >= 15 is 0 Å². The fourth-order valence-corrected chi connectivity index (χ4v) is 3.15. The molecule has 1 aromatic heterocycles. The van der Waals surface area contributed by atoms with E-state index in [-0.39, 0.29) is 0 Å². The van der Waals surface area contributed by atoms with E-state index in [1.54, 1.807) is 11.3 Å². The highest BCUT2D eigenvalue weighted by molar-refractivity contribution is 7.07. The highest BCUT2D eigenvalue weighted by atomic mass is 32.1. The van der Waals surface area contributed by atoms with Gasteiger partial charge in [-0.15, -0.1) is 11.3 Å². The molecule has 0 bridgehead atoms. The summed E-state index contributed by atoms with van der Waals surface area (Å²) in [6.07, 6.45) is 1.87. The van der Waals surface area contributed by atoms with Gasteiger partial charge in [-0.3, -0.25) is 4.99 Å². The zero-order chi connectivity index (χ0) is 17.6. The van der Waals surface area contributed by atoms with E-state index in [0.717, 1.165) is 27.2 Å². The number of aromatic nitrogens is 1. The Bertz CT molecular complexity index is 945. The number of hydrogen-bond acceptors (Lipinski definition) is 3. The molecule has 0 atom stereocenters. The fraction of sp³-hybridized carbons (Fsp3) is 0.143. The number of hydrogen-bond donors (Lipinski definition) is 0. The molecule has 0 fully saturated rings. The third kappa shape index (κ3) is 4.43. The molecule has 0 aliphatic rings. The molecule has 126 valence electrons. The van der Waals surface area contributed by atoms with Crippen LogP contribution in [0.2, 0.25) is 0 Å². The lowest BCUT2D eigenvalue weighted by Crippen LogP contribution is -2.13. The topological polar surface area (TPSA) is 29.6 Å². The van der Waals surface area contributed by atoms with Gasteiger partial charge in [-0.05, 0) is 19.4 Å². The lowest BCUT2D eigenvalue weighted by molar-refractivity contribution is 0.836. The average Bonchev–Trinajstić information content (AvgIpc) is 3.02. The molecule has 0 spiro atoms. The molecule has 0 aliphatic heterocycles. The minimum Gasteiger partial charge on any atom is -0.253 e. The highest BCUT2D eigenvalue weighted by Crippen LogP contribution is 2.20. The molecule has 3 rings (SSSR count).